The van der Waals surface area contributed by atoms with Gasteiger partial charge in [0.15, 0.2) is 5.78 Å². The molecule has 0 aromatic heterocycles. The van der Waals surface area contributed by atoms with Gasteiger partial charge in [-0.2, -0.15) is 0 Å². The summed E-state index contributed by atoms with van der Waals surface area (Å²) in [5.74, 6) is 0.0210. The molecule has 0 radical (unpaired) electrons. The third-order valence-electron chi connectivity index (χ3n) is 2.89. The molecule has 0 aliphatic carbocycles. The van der Waals surface area contributed by atoms with Gasteiger partial charge in [0, 0.05) is 0 Å². The van der Waals surface area contributed by atoms with Gasteiger partial charge in [-0.1, -0.05) is 66.2 Å². The SMILES string of the molecule is CC(C)=CC(=O)C=C(c1ccccc1)c1ccccc1. The summed E-state index contributed by atoms with van der Waals surface area (Å²) in [5.41, 5.74) is 4.06. The van der Waals surface area contributed by atoms with Crippen molar-refractivity contribution >= 4 is 11.4 Å². The van der Waals surface area contributed by atoms with E-state index in [0.717, 1.165) is 22.3 Å². The highest BCUT2D eigenvalue weighted by Crippen LogP contribution is 2.23. The van der Waals surface area contributed by atoms with E-state index in [0.29, 0.717) is 0 Å². The maximum absolute atomic E-state index is 12.1. The molecular formula is C19H18O. The van der Waals surface area contributed by atoms with Crippen LogP contribution in [0.25, 0.3) is 5.57 Å². The Morgan fingerprint density at radius 2 is 1.20 bits per heavy atom. The van der Waals surface area contributed by atoms with Crippen molar-refractivity contribution in [3.8, 4) is 0 Å². The summed E-state index contributed by atoms with van der Waals surface area (Å²) in [6.45, 7) is 3.85. The molecule has 0 saturated heterocycles. The quantitative estimate of drug-likeness (QED) is 0.733. The average molecular weight is 262 g/mol. The molecule has 1 nitrogen and oxygen atoms in total. The topological polar surface area (TPSA) is 17.1 Å². The fourth-order valence-corrected chi connectivity index (χ4v) is 2.04. The van der Waals surface area contributed by atoms with Crippen LogP contribution in [0.5, 0.6) is 0 Å². The molecule has 100 valence electrons. The number of allylic oxidation sites excluding steroid dienone is 3. The van der Waals surface area contributed by atoms with Gasteiger partial charge in [0.1, 0.15) is 0 Å². The van der Waals surface area contributed by atoms with Gasteiger partial charge in [-0.3, -0.25) is 4.79 Å². The summed E-state index contributed by atoms with van der Waals surface area (Å²) in [6, 6.07) is 20.0. The van der Waals surface area contributed by atoms with E-state index in [1.54, 1.807) is 12.2 Å². The van der Waals surface area contributed by atoms with E-state index in [2.05, 4.69) is 0 Å². The largest absolute Gasteiger partial charge is 0.290 e. The molecule has 0 unspecified atom stereocenters. The number of ketones is 1. The van der Waals surface area contributed by atoms with Crippen molar-refractivity contribution in [2.24, 2.45) is 0 Å². The molecule has 0 saturated carbocycles. The van der Waals surface area contributed by atoms with Gasteiger partial charge in [0.05, 0.1) is 0 Å². The van der Waals surface area contributed by atoms with Crippen molar-refractivity contribution in [2.45, 2.75) is 13.8 Å². The van der Waals surface area contributed by atoms with Crippen LogP contribution in [-0.4, -0.2) is 5.78 Å². The van der Waals surface area contributed by atoms with Gasteiger partial charge in [-0.15, -0.1) is 0 Å². The molecule has 0 aliphatic heterocycles. The standard InChI is InChI=1S/C19H18O/c1-15(2)13-18(20)14-19(16-9-5-3-6-10-16)17-11-7-4-8-12-17/h3-14H,1-2H3. The summed E-state index contributed by atoms with van der Waals surface area (Å²) in [6.07, 6.45) is 3.36. The van der Waals surface area contributed by atoms with E-state index in [4.69, 9.17) is 0 Å². The second-order valence-electron chi connectivity index (χ2n) is 4.91. The molecule has 0 fully saturated rings. The van der Waals surface area contributed by atoms with E-state index in [1.807, 2.05) is 74.5 Å². The summed E-state index contributed by atoms with van der Waals surface area (Å²) in [5, 5.41) is 0. The van der Waals surface area contributed by atoms with Crippen molar-refractivity contribution in [2.75, 3.05) is 0 Å². The van der Waals surface area contributed by atoms with Gasteiger partial charge < -0.3 is 0 Å². The fraction of sp³-hybridized carbons (Fsp3) is 0.105. The normalized spacial score (nSPS) is 9.70. The summed E-state index contributed by atoms with van der Waals surface area (Å²) in [4.78, 5) is 12.1. The highest BCUT2D eigenvalue weighted by atomic mass is 16.1. The minimum absolute atomic E-state index is 0.0210. The predicted molar refractivity (Wildman–Crippen MR) is 84.4 cm³/mol. The molecule has 1 heteroatoms. The van der Waals surface area contributed by atoms with Crippen LogP contribution in [-0.2, 0) is 4.79 Å². The van der Waals surface area contributed by atoms with Gasteiger partial charge in [-0.25, -0.2) is 0 Å². The monoisotopic (exact) mass is 262 g/mol. The minimum Gasteiger partial charge on any atom is -0.290 e. The van der Waals surface area contributed by atoms with Crippen LogP contribution in [0.4, 0.5) is 0 Å². The second-order valence-corrected chi connectivity index (χ2v) is 4.91. The second kappa shape index (κ2) is 6.67. The van der Waals surface area contributed by atoms with Crippen molar-refractivity contribution in [1.29, 1.82) is 0 Å². The van der Waals surface area contributed by atoms with E-state index < -0.39 is 0 Å². The zero-order valence-corrected chi connectivity index (χ0v) is 11.8. The molecule has 0 heterocycles. The highest BCUT2D eigenvalue weighted by molar-refractivity contribution is 6.06. The van der Waals surface area contributed by atoms with Gasteiger partial charge >= 0.3 is 0 Å². The first-order valence-electron chi connectivity index (χ1n) is 6.68. The molecule has 0 aliphatic rings. The molecule has 0 atom stereocenters. The Kier molecular flexibility index (Phi) is 4.67. The Labute approximate surface area is 120 Å². The Morgan fingerprint density at radius 3 is 1.60 bits per heavy atom. The lowest BCUT2D eigenvalue weighted by atomic mass is 9.96. The zero-order valence-electron chi connectivity index (χ0n) is 11.8. The lowest BCUT2D eigenvalue weighted by Crippen LogP contribution is -1.94. The van der Waals surface area contributed by atoms with Gasteiger partial charge in [0.25, 0.3) is 0 Å². The van der Waals surface area contributed by atoms with E-state index in [1.165, 1.54) is 0 Å². The summed E-state index contributed by atoms with van der Waals surface area (Å²) < 4.78 is 0. The predicted octanol–water partition coefficient (Wildman–Crippen LogP) is 4.65. The number of benzene rings is 2. The molecule has 2 rings (SSSR count). The Bertz CT molecular complexity index is 588. The van der Waals surface area contributed by atoms with Crippen molar-refractivity contribution in [3.63, 3.8) is 0 Å². The van der Waals surface area contributed by atoms with Crippen molar-refractivity contribution in [3.05, 3.63) is 89.5 Å². The molecule has 0 bridgehead atoms. The molecule has 20 heavy (non-hydrogen) atoms. The number of rotatable bonds is 4. The first kappa shape index (κ1) is 14.0. The molecule has 0 spiro atoms. The lowest BCUT2D eigenvalue weighted by Gasteiger charge is -2.07. The van der Waals surface area contributed by atoms with E-state index in [-0.39, 0.29) is 5.78 Å². The number of carbonyl (C=O) groups is 1. The summed E-state index contributed by atoms with van der Waals surface area (Å²) in [7, 11) is 0. The minimum atomic E-state index is 0.0210. The lowest BCUT2D eigenvalue weighted by molar-refractivity contribution is -0.110. The van der Waals surface area contributed by atoms with Gasteiger partial charge in [0.2, 0.25) is 0 Å². The third kappa shape index (κ3) is 3.79. The van der Waals surface area contributed by atoms with Crippen LogP contribution >= 0.6 is 0 Å². The van der Waals surface area contributed by atoms with Crippen LogP contribution in [0.3, 0.4) is 0 Å². The molecular weight excluding hydrogens is 244 g/mol. The van der Waals surface area contributed by atoms with Gasteiger partial charge in [-0.05, 0) is 42.7 Å². The molecule has 2 aromatic rings. The van der Waals surface area contributed by atoms with Crippen molar-refractivity contribution < 1.29 is 4.79 Å². The average Bonchev–Trinajstić information content (AvgIpc) is 2.46. The molecule has 0 amide bonds. The van der Waals surface area contributed by atoms with E-state index >= 15 is 0 Å². The molecule has 0 N–H and O–H groups in total. The van der Waals surface area contributed by atoms with Crippen molar-refractivity contribution in [1.82, 2.24) is 0 Å². The number of carbonyl (C=O) groups excluding carboxylic acids is 1. The number of hydrogen-bond acceptors (Lipinski definition) is 1. The first-order valence-corrected chi connectivity index (χ1v) is 6.68. The van der Waals surface area contributed by atoms with Crippen LogP contribution in [0, 0.1) is 0 Å². The fourth-order valence-electron chi connectivity index (χ4n) is 2.04. The van der Waals surface area contributed by atoms with Crippen LogP contribution in [0.1, 0.15) is 25.0 Å². The maximum atomic E-state index is 12.1. The Hall–Kier alpha value is -2.41. The summed E-state index contributed by atoms with van der Waals surface area (Å²) >= 11 is 0. The highest BCUT2D eigenvalue weighted by Gasteiger charge is 2.06. The Morgan fingerprint density at radius 1 is 0.750 bits per heavy atom. The first-order chi connectivity index (χ1) is 9.66. The van der Waals surface area contributed by atoms with E-state index in [9.17, 15) is 4.79 Å². The third-order valence-corrected chi connectivity index (χ3v) is 2.89. The Balaban J connectivity index is 2.48. The zero-order chi connectivity index (χ0) is 14.4. The van der Waals surface area contributed by atoms with Crippen LogP contribution in [0.2, 0.25) is 0 Å². The molecule has 2 aromatic carbocycles. The smallest absolute Gasteiger partial charge is 0.179 e. The maximum Gasteiger partial charge on any atom is 0.179 e. The van der Waals surface area contributed by atoms with Crippen LogP contribution < -0.4 is 0 Å². The number of hydrogen-bond donors (Lipinski definition) is 0. The van der Waals surface area contributed by atoms with Crippen LogP contribution in [0.15, 0.2) is 78.4 Å².